The Morgan fingerprint density at radius 3 is 2.48 bits per heavy atom. The molecule has 0 spiro atoms. The van der Waals surface area contributed by atoms with E-state index in [1.54, 1.807) is 25.2 Å². The zero-order valence-corrected chi connectivity index (χ0v) is 20.6. The summed E-state index contributed by atoms with van der Waals surface area (Å²) in [6.07, 6.45) is 2.74. The van der Waals surface area contributed by atoms with Gasteiger partial charge in [0, 0.05) is 25.6 Å². The average molecular weight is 474 g/mol. The first kappa shape index (κ1) is 23.4. The van der Waals surface area contributed by atoms with E-state index >= 15 is 0 Å². The SMILES string of the molecule is CCOc1ccc(S(=O)(=O)N2CCCCC2)cc1-c1nc2c(C(C)(C)C)nn(C)c2c(=O)[nH]1. The molecule has 0 saturated carbocycles. The van der Waals surface area contributed by atoms with Crippen molar-refractivity contribution in [2.24, 2.45) is 7.05 Å². The number of nitrogens with zero attached hydrogens (tertiary/aromatic N) is 4. The van der Waals surface area contributed by atoms with E-state index in [1.165, 1.54) is 8.99 Å². The maximum absolute atomic E-state index is 13.3. The fourth-order valence-corrected chi connectivity index (χ4v) is 5.75. The van der Waals surface area contributed by atoms with Gasteiger partial charge in [0.25, 0.3) is 5.56 Å². The number of aromatic amines is 1. The molecule has 9 nitrogen and oxygen atoms in total. The molecule has 0 unspecified atom stereocenters. The molecule has 178 valence electrons. The maximum Gasteiger partial charge on any atom is 0.277 e. The number of sulfonamides is 1. The molecule has 1 aliphatic rings. The summed E-state index contributed by atoms with van der Waals surface area (Å²) in [7, 11) is -1.95. The van der Waals surface area contributed by atoms with Crippen molar-refractivity contribution in [2.75, 3.05) is 19.7 Å². The molecule has 1 aromatic carbocycles. The minimum atomic E-state index is -3.66. The Hall–Kier alpha value is -2.72. The van der Waals surface area contributed by atoms with E-state index in [4.69, 9.17) is 9.72 Å². The summed E-state index contributed by atoms with van der Waals surface area (Å²) in [5, 5.41) is 4.53. The lowest BCUT2D eigenvalue weighted by atomic mass is 9.91. The van der Waals surface area contributed by atoms with E-state index in [9.17, 15) is 13.2 Å². The minimum absolute atomic E-state index is 0.160. The van der Waals surface area contributed by atoms with Gasteiger partial charge >= 0.3 is 0 Å². The lowest BCUT2D eigenvalue weighted by Crippen LogP contribution is -2.35. The second kappa shape index (κ2) is 8.57. The van der Waals surface area contributed by atoms with Crippen molar-refractivity contribution < 1.29 is 13.2 Å². The van der Waals surface area contributed by atoms with Crippen molar-refractivity contribution in [1.82, 2.24) is 24.1 Å². The van der Waals surface area contributed by atoms with Crippen molar-refractivity contribution in [3.8, 4) is 17.1 Å². The number of hydrogen-bond donors (Lipinski definition) is 1. The molecule has 0 atom stereocenters. The predicted octanol–water partition coefficient (Wildman–Crippen LogP) is 3.19. The molecule has 1 aliphatic heterocycles. The normalized spacial score (nSPS) is 15.8. The molecule has 3 aromatic rings. The summed E-state index contributed by atoms with van der Waals surface area (Å²) in [6, 6.07) is 4.74. The van der Waals surface area contributed by atoms with Crippen molar-refractivity contribution in [1.29, 1.82) is 0 Å². The Labute approximate surface area is 193 Å². The smallest absolute Gasteiger partial charge is 0.277 e. The van der Waals surface area contributed by atoms with Gasteiger partial charge < -0.3 is 9.72 Å². The Balaban J connectivity index is 1.92. The van der Waals surface area contributed by atoms with Gasteiger partial charge in [-0.1, -0.05) is 27.2 Å². The zero-order valence-electron chi connectivity index (χ0n) is 19.8. The Bertz CT molecular complexity index is 1350. The summed E-state index contributed by atoms with van der Waals surface area (Å²) in [5.74, 6) is 0.712. The van der Waals surface area contributed by atoms with Gasteiger partial charge in [-0.2, -0.15) is 9.40 Å². The first-order valence-corrected chi connectivity index (χ1v) is 12.7. The van der Waals surface area contributed by atoms with Gasteiger partial charge in [-0.25, -0.2) is 13.4 Å². The van der Waals surface area contributed by atoms with Gasteiger partial charge in [-0.15, -0.1) is 0 Å². The van der Waals surface area contributed by atoms with E-state index in [0.29, 0.717) is 47.7 Å². The fourth-order valence-electron chi connectivity index (χ4n) is 4.20. The topological polar surface area (TPSA) is 110 Å². The highest BCUT2D eigenvalue weighted by Gasteiger charge is 2.29. The van der Waals surface area contributed by atoms with Crippen LogP contribution in [0.15, 0.2) is 27.9 Å². The highest BCUT2D eigenvalue weighted by Crippen LogP contribution is 2.33. The highest BCUT2D eigenvalue weighted by atomic mass is 32.2. The summed E-state index contributed by atoms with van der Waals surface area (Å²) in [6.45, 7) is 9.28. The number of hydrogen-bond acceptors (Lipinski definition) is 6. The number of rotatable bonds is 5. The van der Waals surface area contributed by atoms with Crippen LogP contribution in [0.2, 0.25) is 0 Å². The molecule has 4 rings (SSSR count). The quantitative estimate of drug-likeness (QED) is 0.609. The standard InChI is InChI=1S/C23H31N5O4S/c1-6-32-17-11-10-15(33(30,31)28-12-8-7-9-13-28)14-16(17)21-24-18-19(22(29)25-21)27(5)26-20(18)23(2,3)4/h10-11,14H,6-9,12-13H2,1-5H3,(H,24,25,29). The van der Waals surface area contributed by atoms with Crippen LogP contribution in [-0.4, -0.2) is 52.2 Å². The van der Waals surface area contributed by atoms with Crippen LogP contribution in [-0.2, 0) is 22.5 Å². The highest BCUT2D eigenvalue weighted by molar-refractivity contribution is 7.89. The zero-order chi connectivity index (χ0) is 24.0. The molecule has 1 fully saturated rings. The predicted molar refractivity (Wildman–Crippen MR) is 127 cm³/mol. The Morgan fingerprint density at radius 2 is 1.85 bits per heavy atom. The van der Waals surface area contributed by atoms with Crippen LogP contribution < -0.4 is 10.3 Å². The van der Waals surface area contributed by atoms with Gasteiger partial charge in [0.2, 0.25) is 10.0 Å². The van der Waals surface area contributed by atoms with E-state index in [1.807, 2.05) is 27.7 Å². The average Bonchev–Trinajstić information content (AvgIpc) is 3.12. The van der Waals surface area contributed by atoms with Crippen LogP contribution >= 0.6 is 0 Å². The molecule has 0 bridgehead atoms. The minimum Gasteiger partial charge on any atom is -0.493 e. The van der Waals surface area contributed by atoms with Crippen LogP contribution in [0.3, 0.4) is 0 Å². The third-order valence-electron chi connectivity index (χ3n) is 5.86. The van der Waals surface area contributed by atoms with E-state index in [0.717, 1.165) is 19.3 Å². The number of benzene rings is 1. The molecule has 1 saturated heterocycles. The van der Waals surface area contributed by atoms with Crippen molar-refractivity contribution >= 4 is 21.1 Å². The summed E-state index contributed by atoms with van der Waals surface area (Å²) >= 11 is 0. The summed E-state index contributed by atoms with van der Waals surface area (Å²) in [4.78, 5) is 20.7. The molecule has 0 aliphatic carbocycles. The second-order valence-corrected chi connectivity index (χ2v) is 11.3. The largest absolute Gasteiger partial charge is 0.493 e. The Kier molecular flexibility index (Phi) is 6.09. The first-order valence-electron chi connectivity index (χ1n) is 11.3. The summed E-state index contributed by atoms with van der Waals surface area (Å²) in [5.41, 5.74) is 1.32. The molecule has 0 radical (unpaired) electrons. The summed E-state index contributed by atoms with van der Waals surface area (Å²) < 4.78 is 35.4. The third kappa shape index (κ3) is 4.29. The molecule has 33 heavy (non-hydrogen) atoms. The number of nitrogens with one attached hydrogen (secondary N) is 1. The molecule has 3 heterocycles. The third-order valence-corrected chi connectivity index (χ3v) is 7.76. The van der Waals surface area contributed by atoms with E-state index < -0.39 is 10.0 Å². The van der Waals surface area contributed by atoms with Crippen molar-refractivity contribution in [3.05, 3.63) is 34.2 Å². The monoisotopic (exact) mass is 473 g/mol. The van der Waals surface area contributed by atoms with Crippen LogP contribution in [0.4, 0.5) is 0 Å². The molecule has 10 heteroatoms. The number of H-pyrrole nitrogens is 1. The first-order chi connectivity index (χ1) is 15.5. The lowest BCUT2D eigenvalue weighted by molar-refractivity contribution is 0.340. The van der Waals surface area contributed by atoms with Crippen LogP contribution in [0.25, 0.3) is 22.4 Å². The fraction of sp³-hybridized carbons (Fsp3) is 0.522. The van der Waals surface area contributed by atoms with Crippen molar-refractivity contribution in [2.45, 2.75) is 57.3 Å². The Morgan fingerprint density at radius 1 is 1.15 bits per heavy atom. The number of ether oxygens (including phenoxy) is 1. The molecule has 2 aromatic heterocycles. The molecular weight excluding hydrogens is 442 g/mol. The molecule has 0 amide bonds. The van der Waals surface area contributed by atoms with Crippen LogP contribution in [0.1, 0.15) is 52.7 Å². The van der Waals surface area contributed by atoms with Crippen LogP contribution in [0, 0.1) is 0 Å². The van der Waals surface area contributed by atoms with Gasteiger partial charge in [0.05, 0.1) is 22.8 Å². The molecular formula is C23H31N5O4S. The number of aryl methyl sites for hydroxylation is 1. The van der Waals surface area contributed by atoms with E-state index in [2.05, 4.69) is 10.1 Å². The van der Waals surface area contributed by atoms with Crippen LogP contribution in [0.5, 0.6) is 5.75 Å². The van der Waals surface area contributed by atoms with Gasteiger partial charge in [0.15, 0.2) is 5.52 Å². The van der Waals surface area contributed by atoms with Crippen molar-refractivity contribution in [3.63, 3.8) is 0 Å². The van der Waals surface area contributed by atoms with Gasteiger partial charge in [-0.3, -0.25) is 9.48 Å². The lowest BCUT2D eigenvalue weighted by Gasteiger charge is -2.26. The number of piperidine rings is 1. The maximum atomic E-state index is 13.3. The van der Waals surface area contributed by atoms with Gasteiger partial charge in [-0.05, 0) is 38.0 Å². The second-order valence-electron chi connectivity index (χ2n) is 9.39. The number of aromatic nitrogens is 4. The molecule has 1 N–H and O–H groups in total. The van der Waals surface area contributed by atoms with E-state index in [-0.39, 0.29) is 21.7 Å². The van der Waals surface area contributed by atoms with Gasteiger partial charge in [0.1, 0.15) is 17.1 Å². The number of fused-ring (bicyclic) bond motifs is 1.